The molecule has 0 spiro atoms. The van der Waals surface area contributed by atoms with Gasteiger partial charge in [0.2, 0.25) is 0 Å². The first-order valence-electron chi connectivity index (χ1n) is 4.74. The van der Waals surface area contributed by atoms with E-state index in [1.807, 2.05) is 13.0 Å². The Morgan fingerprint density at radius 2 is 2.12 bits per heavy atom. The Labute approximate surface area is 92.3 Å². The van der Waals surface area contributed by atoms with Gasteiger partial charge in [0.05, 0.1) is 4.92 Å². The SMILES string of the molecule is C/C=C\C=C/c1[nH]c(=O)c([N+](=O)[O-])cc1C. The first-order chi connectivity index (χ1) is 7.56. The van der Waals surface area contributed by atoms with Crippen molar-refractivity contribution < 1.29 is 4.92 Å². The molecule has 1 heterocycles. The van der Waals surface area contributed by atoms with Crippen molar-refractivity contribution in [3.05, 3.63) is 56.0 Å². The Morgan fingerprint density at radius 3 is 2.69 bits per heavy atom. The van der Waals surface area contributed by atoms with Crippen LogP contribution in [-0.2, 0) is 0 Å². The van der Waals surface area contributed by atoms with Crippen molar-refractivity contribution in [2.45, 2.75) is 13.8 Å². The van der Waals surface area contributed by atoms with E-state index in [1.54, 1.807) is 25.2 Å². The zero-order valence-electron chi connectivity index (χ0n) is 9.06. The maximum absolute atomic E-state index is 11.3. The lowest BCUT2D eigenvalue weighted by Crippen LogP contribution is -2.13. The van der Waals surface area contributed by atoms with Gasteiger partial charge in [0, 0.05) is 11.8 Å². The molecule has 5 heteroatoms. The largest absolute Gasteiger partial charge is 0.334 e. The second-order valence-corrected chi connectivity index (χ2v) is 3.22. The normalized spacial score (nSPS) is 11.4. The summed E-state index contributed by atoms with van der Waals surface area (Å²) in [6, 6.07) is 1.27. The molecule has 1 rings (SSSR count). The lowest BCUT2D eigenvalue weighted by Gasteiger charge is -1.99. The molecule has 0 unspecified atom stereocenters. The molecule has 0 aliphatic rings. The molecule has 5 nitrogen and oxygen atoms in total. The van der Waals surface area contributed by atoms with Gasteiger partial charge in [-0.2, -0.15) is 0 Å². The number of nitrogens with one attached hydrogen (secondary N) is 1. The highest BCUT2D eigenvalue weighted by Crippen LogP contribution is 2.11. The first kappa shape index (κ1) is 11.9. The van der Waals surface area contributed by atoms with Gasteiger partial charge < -0.3 is 4.98 Å². The van der Waals surface area contributed by atoms with Gasteiger partial charge in [-0.25, -0.2) is 0 Å². The number of pyridine rings is 1. The molecule has 1 aromatic rings. The molecule has 0 aromatic carbocycles. The van der Waals surface area contributed by atoms with Crippen molar-refractivity contribution in [3.8, 4) is 0 Å². The van der Waals surface area contributed by atoms with E-state index in [-0.39, 0.29) is 0 Å². The van der Waals surface area contributed by atoms with E-state index in [0.717, 1.165) is 0 Å². The van der Waals surface area contributed by atoms with Gasteiger partial charge in [-0.15, -0.1) is 0 Å². The van der Waals surface area contributed by atoms with Crippen molar-refractivity contribution in [1.29, 1.82) is 0 Å². The number of nitro groups is 1. The fourth-order valence-corrected chi connectivity index (χ4v) is 1.20. The van der Waals surface area contributed by atoms with Crippen LogP contribution in [0.15, 0.2) is 29.1 Å². The van der Waals surface area contributed by atoms with E-state index in [4.69, 9.17) is 0 Å². The van der Waals surface area contributed by atoms with Gasteiger partial charge in [0.15, 0.2) is 0 Å². The van der Waals surface area contributed by atoms with E-state index in [1.165, 1.54) is 6.07 Å². The van der Waals surface area contributed by atoms with Gasteiger partial charge >= 0.3 is 11.2 Å². The minimum absolute atomic E-state index is 0.430. The molecule has 1 N–H and O–H groups in total. The number of hydrogen-bond donors (Lipinski definition) is 1. The maximum atomic E-state index is 11.3. The van der Waals surface area contributed by atoms with Crippen molar-refractivity contribution in [3.63, 3.8) is 0 Å². The van der Waals surface area contributed by atoms with E-state index in [9.17, 15) is 14.9 Å². The maximum Gasteiger partial charge on any atom is 0.334 e. The van der Waals surface area contributed by atoms with Gasteiger partial charge in [0.25, 0.3) is 0 Å². The Balaban J connectivity index is 3.21. The summed E-state index contributed by atoms with van der Waals surface area (Å²) in [4.78, 5) is 23.6. The summed E-state index contributed by atoms with van der Waals surface area (Å²) in [6.45, 7) is 3.58. The van der Waals surface area contributed by atoms with Crippen LogP contribution in [0.5, 0.6) is 0 Å². The highest BCUT2D eigenvalue weighted by atomic mass is 16.6. The fraction of sp³-hybridized carbons (Fsp3) is 0.182. The zero-order valence-corrected chi connectivity index (χ0v) is 9.06. The van der Waals surface area contributed by atoms with Crippen LogP contribution >= 0.6 is 0 Å². The second kappa shape index (κ2) is 5.06. The third-order valence-corrected chi connectivity index (χ3v) is 2.02. The molecule has 0 saturated heterocycles. The average molecular weight is 220 g/mol. The number of nitrogens with zero attached hydrogens (tertiary/aromatic N) is 1. The molecule has 0 aliphatic carbocycles. The predicted molar refractivity (Wildman–Crippen MR) is 62.3 cm³/mol. The molecule has 0 atom stereocenters. The smallest absolute Gasteiger partial charge is 0.316 e. The molecule has 0 fully saturated rings. The standard InChI is InChI=1S/C11H12N2O3/c1-3-4-5-6-9-8(2)7-10(13(15)16)11(14)12-9/h3-7H,1-2H3,(H,12,14)/b4-3-,6-5-. The van der Waals surface area contributed by atoms with Crippen LogP contribution in [-0.4, -0.2) is 9.91 Å². The van der Waals surface area contributed by atoms with Crippen molar-refractivity contribution in [2.75, 3.05) is 0 Å². The van der Waals surface area contributed by atoms with Crippen LogP contribution in [0, 0.1) is 17.0 Å². The third kappa shape index (κ3) is 2.66. The Bertz CT molecular complexity index is 512. The highest BCUT2D eigenvalue weighted by molar-refractivity contribution is 5.52. The number of aromatic amines is 1. The highest BCUT2D eigenvalue weighted by Gasteiger charge is 2.13. The summed E-state index contributed by atoms with van der Waals surface area (Å²) in [6.07, 6.45) is 7.10. The fourth-order valence-electron chi connectivity index (χ4n) is 1.20. The Hall–Kier alpha value is -2.17. The summed E-state index contributed by atoms with van der Waals surface area (Å²) >= 11 is 0. The quantitative estimate of drug-likeness (QED) is 0.482. The van der Waals surface area contributed by atoms with Crippen molar-refractivity contribution >= 4 is 11.8 Å². The zero-order chi connectivity index (χ0) is 12.1. The molecule has 1 aromatic heterocycles. The molecular formula is C11H12N2O3. The summed E-state index contributed by atoms with van der Waals surface area (Å²) in [5.74, 6) is 0. The number of H-pyrrole nitrogens is 1. The summed E-state index contributed by atoms with van der Waals surface area (Å²) in [5.41, 5.74) is 0.122. The monoisotopic (exact) mass is 220 g/mol. The van der Waals surface area contributed by atoms with Crippen LogP contribution in [0.2, 0.25) is 0 Å². The van der Waals surface area contributed by atoms with Crippen LogP contribution in [0.4, 0.5) is 5.69 Å². The van der Waals surface area contributed by atoms with E-state index in [2.05, 4.69) is 4.98 Å². The number of rotatable bonds is 3. The number of aryl methyl sites for hydroxylation is 1. The van der Waals surface area contributed by atoms with Gasteiger partial charge in [-0.05, 0) is 25.5 Å². The average Bonchev–Trinajstić information content (AvgIpc) is 2.22. The molecule has 0 radical (unpaired) electrons. The number of hydrogen-bond acceptors (Lipinski definition) is 3. The molecule has 0 saturated carbocycles. The summed E-state index contributed by atoms with van der Waals surface area (Å²) in [5, 5.41) is 10.5. The molecule has 0 aliphatic heterocycles. The van der Waals surface area contributed by atoms with E-state index >= 15 is 0 Å². The van der Waals surface area contributed by atoms with Crippen molar-refractivity contribution in [2.24, 2.45) is 0 Å². The minimum atomic E-state index is -0.689. The summed E-state index contributed by atoms with van der Waals surface area (Å²) < 4.78 is 0. The molecule has 16 heavy (non-hydrogen) atoms. The number of aromatic nitrogens is 1. The summed E-state index contributed by atoms with van der Waals surface area (Å²) in [7, 11) is 0. The molecule has 84 valence electrons. The van der Waals surface area contributed by atoms with Crippen LogP contribution in [0.25, 0.3) is 6.08 Å². The first-order valence-corrected chi connectivity index (χ1v) is 4.74. The predicted octanol–water partition coefficient (Wildman–Crippen LogP) is 2.18. The lowest BCUT2D eigenvalue weighted by molar-refractivity contribution is -0.386. The second-order valence-electron chi connectivity index (χ2n) is 3.22. The van der Waals surface area contributed by atoms with Crippen LogP contribution in [0.3, 0.4) is 0 Å². The van der Waals surface area contributed by atoms with Crippen molar-refractivity contribution in [1.82, 2.24) is 4.98 Å². The van der Waals surface area contributed by atoms with Gasteiger partial charge in [-0.1, -0.05) is 18.2 Å². The van der Waals surface area contributed by atoms with Gasteiger partial charge in [0.1, 0.15) is 0 Å². The lowest BCUT2D eigenvalue weighted by atomic mass is 10.2. The van der Waals surface area contributed by atoms with E-state index in [0.29, 0.717) is 11.3 Å². The van der Waals surface area contributed by atoms with E-state index < -0.39 is 16.2 Å². The molecule has 0 bridgehead atoms. The van der Waals surface area contributed by atoms with Crippen LogP contribution < -0.4 is 5.56 Å². The minimum Gasteiger partial charge on any atom is -0.316 e. The third-order valence-electron chi connectivity index (χ3n) is 2.02. The molecular weight excluding hydrogens is 208 g/mol. The van der Waals surface area contributed by atoms with Gasteiger partial charge in [-0.3, -0.25) is 14.9 Å². The van der Waals surface area contributed by atoms with Crippen LogP contribution in [0.1, 0.15) is 18.2 Å². The molecule has 0 amide bonds. The topological polar surface area (TPSA) is 76.0 Å². The Kier molecular flexibility index (Phi) is 3.77. The Morgan fingerprint density at radius 1 is 1.44 bits per heavy atom. The number of allylic oxidation sites excluding steroid dienone is 3.